The smallest absolute Gasteiger partial charge is 0.230 e. The number of anilines is 1. The quantitative estimate of drug-likeness (QED) is 0.716. The number of ketones is 1. The van der Waals surface area contributed by atoms with Gasteiger partial charge in [0.05, 0.1) is 5.69 Å². The lowest BCUT2D eigenvalue weighted by molar-refractivity contribution is 0.101. The Balaban J connectivity index is 2.20. The molecule has 2 aromatic carbocycles. The van der Waals surface area contributed by atoms with Gasteiger partial charge in [-0.05, 0) is 44.0 Å². The van der Waals surface area contributed by atoms with E-state index >= 15 is 0 Å². The molecule has 3 heteroatoms. The van der Waals surface area contributed by atoms with Crippen molar-refractivity contribution in [3.63, 3.8) is 0 Å². The first-order valence-corrected chi connectivity index (χ1v) is 6.88. The monoisotopic (exact) mass is 279 g/mol. The van der Waals surface area contributed by atoms with E-state index in [1.165, 1.54) is 0 Å². The van der Waals surface area contributed by atoms with Crippen molar-refractivity contribution in [1.29, 1.82) is 0 Å². The third-order valence-corrected chi connectivity index (χ3v) is 3.74. The van der Waals surface area contributed by atoms with Crippen molar-refractivity contribution < 1.29 is 9.21 Å². The van der Waals surface area contributed by atoms with Crippen molar-refractivity contribution in [3.05, 3.63) is 64.4 Å². The molecule has 0 aliphatic carbocycles. The van der Waals surface area contributed by atoms with Crippen LogP contribution in [0.1, 0.15) is 32.8 Å². The number of benzene rings is 2. The molecular weight excluding hydrogens is 262 g/mol. The molecule has 0 bridgehead atoms. The molecule has 1 aromatic heterocycles. The summed E-state index contributed by atoms with van der Waals surface area (Å²) in [6.45, 7) is 5.89. The van der Waals surface area contributed by atoms with Gasteiger partial charge in [0.25, 0.3) is 0 Å². The molecule has 0 amide bonds. The summed E-state index contributed by atoms with van der Waals surface area (Å²) in [5.74, 6) is 0.0740. The van der Waals surface area contributed by atoms with Crippen LogP contribution in [-0.2, 0) is 0 Å². The molecule has 21 heavy (non-hydrogen) atoms. The Morgan fingerprint density at radius 2 is 1.67 bits per heavy atom. The number of fused-ring (bicyclic) bond motifs is 1. The van der Waals surface area contributed by atoms with Crippen molar-refractivity contribution in [1.82, 2.24) is 0 Å². The summed E-state index contributed by atoms with van der Waals surface area (Å²) in [6, 6.07) is 11.4. The van der Waals surface area contributed by atoms with Gasteiger partial charge >= 0.3 is 0 Å². The molecule has 3 aromatic rings. The van der Waals surface area contributed by atoms with Gasteiger partial charge in [-0.15, -0.1) is 0 Å². The molecule has 106 valence electrons. The number of nitrogen functional groups attached to an aromatic ring is 1. The molecule has 0 atom stereocenters. The molecule has 0 aliphatic heterocycles. The Labute approximate surface area is 123 Å². The van der Waals surface area contributed by atoms with Gasteiger partial charge in [0.1, 0.15) is 5.58 Å². The first kappa shape index (κ1) is 13.4. The summed E-state index contributed by atoms with van der Waals surface area (Å²) < 4.78 is 5.68. The fourth-order valence-electron chi connectivity index (χ4n) is 2.89. The number of nitrogens with two attached hydrogens (primary N) is 1. The summed E-state index contributed by atoms with van der Waals surface area (Å²) in [6.07, 6.45) is 0. The molecule has 0 aliphatic rings. The SMILES string of the molecule is Cc1cc(C)c(C(=O)c2oc3ccccc3c2N)c(C)c1. The van der Waals surface area contributed by atoms with Gasteiger partial charge in [0.2, 0.25) is 5.78 Å². The number of hydrogen-bond acceptors (Lipinski definition) is 3. The third-order valence-electron chi connectivity index (χ3n) is 3.74. The highest BCUT2D eigenvalue weighted by atomic mass is 16.3. The summed E-state index contributed by atoms with van der Waals surface area (Å²) in [5, 5.41) is 0.781. The minimum atomic E-state index is -0.154. The van der Waals surface area contributed by atoms with Gasteiger partial charge in [-0.2, -0.15) is 0 Å². The van der Waals surface area contributed by atoms with Crippen LogP contribution in [0.4, 0.5) is 5.69 Å². The molecule has 3 rings (SSSR count). The molecule has 0 saturated heterocycles. The number of aryl methyl sites for hydroxylation is 3. The van der Waals surface area contributed by atoms with E-state index in [4.69, 9.17) is 10.2 Å². The van der Waals surface area contributed by atoms with Gasteiger partial charge in [-0.25, -0.2) is 0 Å². The van der Waals surface area contributed by atoms with Gasteiger partial charge in [-0.3, -0.25) is 4.79 Å². The Hall–Kier alpha value is -2.55. The van der Waals surface area contributed by atoms with E-state index in [0.717, 1.165) is 22.1 Å². The number of hydrogen-bond donors (Lipinski definition) is 1. The second-order valence-electron chi connectivity index (χ2n) is 5.44. The number of carbonyl (C=O) groups excluding carboxylic acids is 1. The standard InChI is InChI=1S/C18H17NO2/c1-10-8-11(2)15(12(3)9-10)17(20)18-16(19)13-6-4-5-7-14(13)21-18/h4-9H,19H2,1-3H3. The highest BCUT2D eigenvalue weighted by Gasteiger charge is 2.22. The zero-order chi connectivity index (χ0) is 15.1. The molecule has 0 saturated carbocycles. The Morgan fingerprint density at radius 1 is 1.05 bits per heavy atom. The summed E-state index contributed by atoms with van der Waals surface area (Å²) >= 11 is 0. The van der Waals surface area contributed by atoms with Gasteiger partial charge in [0.15, 0.2) is 5.76 Å². The average Bonchev–Trinajstić information content (AvgIpc) is 2.75. The van der Waals surface area contributed by atoms with Crippen molar-refractivity contribution in [3.8, 4) is 0 Å². The predicted molar refractivity (Wildman–Crippen MR) is 84.7 cm³/mol. The van der Waals surface area contributed by atoms with Crippen LogP contribution in [0, 0.1) is 20.8 Å². The Bertz CT molecular complexity index is 836. The van der Waals surface area contributed by atoms with Crippen LogP contribution in [0.25, 0.3) is 11.0 Å². The Kier molecular flexibility index (Phi) is 3.05. The lowest BCUT2D eigenvalue weighted by Crippen LogP contribution is -2.08. The minimum absolute atomic E-state index is 0.154. The molecule has 0 unspecified atom stereocenters. The van der Waals surface area contributed by atoms with E-state index in [9.17, 15) is 4.79 Å². The average molecular weight is 279 g/mol. The van der Waals surface area contributed by atoms with Crippen LogP contribution in [-0.4, -0.2) is 5.78 Å². The normalized spacial score (nSPS) is 11.0. The van der Waals surface area contributed by atoms with Crippen LogP contribution in [0.5, 0.6) is 0 Å². The molecule has 0 spiro atoms. The minimum Gasteiger partial charge on any atom is -0.450 e. The molecule has 0 fully saturated rings. The van der Waals surface area contributed by atoms with E-state index < -0.39 is 0 Å². The highest BCUT2D eigenvalue weighted by molar-refractivity contribution is 6.15. The summed E-state index contributed by atoms with van der Waals surface area (Å²) in [5.41, 5.74) is 10.8. The third kappa shape index (κ3) is 2.11. The van der Waals surface area contributed by atoms with Gasteiger partial charge < -0.3 is 10.2 Å². The topological polar surface area (TPSA) is 56.2 Å². The lowest BCUT2D eigenvalue weighted by Gasteiger charge is -2.09. The Morgan fingerprint density at radius 3 is 2.29 bits per heavy atom. The van der Waals surface area contributed by atoms with E-state index in [0.29, 0.717) is 16.8 Å². The molecule has 1 heterocycles. The van der Waals surface area contributed by atoms with Crippen molar-refractivity contribution in [2.24, 2.45) is 0 Å². The fourth-order valence-corrected chi connectivity index (χ4v) is 2.89. The highest BCUT2D eigenvalue weighted by Crippen LogP contribution is 2.31. The molecular formula is C18H17NO2. The van der Waals surface area contributed by atoms with Crippen LogP contribution in [0.15, 0.2) is 40.8 Å². The first-order valence-electron chi connectivity index (χ1n) is 6.88. The molecule has 0 radical (unpaired) electrons. The van der Waals surface area contributed by atoms with Crippen LogP contribution < -0.4 is 5.73 Å². The van der Waals surface area contributed by atoms with Crippen molar-refractivity contribution >= 4 is 22.4 Å². The zero-order valence-corrected chi connectivity index (χ0v) is 12.4. The zero-order valence-electron chi connectivity index (χ0n) is 12.4. The van der Waals surface area contributed by atoms with E-state index in [-0.39, 0.29) is 11.5 Å². The maximum atomic E-state index is 12.8. The van der Waals surface area contributed by atoms with Crippen molar-refractivity contribution in [2.45, 2.75) is 20.8 Å². The predicted octanol–water partition coefficient (Wildman–Crippen LogP) is 4.17. The first-order chi connectivity index (χ1) is 9.99. The maximum Gasteiger partial charge on any atom is 0.230 e. The van der Waals surface area contributed by atoms with Crippen molar-refractivity contribution in [2.75, 3.05) is 5.73 Å². The van der Waals surface area contributed by atoms with E-state index in [2.05, 4.69) is 0 Å². The largest absolute Gasteiger partial charge is 0.450 e. The molecule has 3 nitrogen and oxygen atoms in total. The van der Waals surface area contributed by atoms with E-state index in [1.807, 2.05) is 57.2 Å². The number of rotatable bonds is 2. The van der Waals surface area contributed by atoms with E-state index in [1.54, 1.807) is 0 Å². The fraction of sp³-hybridized carbons (Fsp3) is 0.167. The number of furan rings is 1. The van der Waals surface area contributed by atoms with Crippen LogP contribution in [0.2, 0.25) is 0 Å². The lowest BCUT2D eigenvalue weighted by atomic mass is 9.95. The second-order valence-corrected chi connectivity index (χ2v) is 5.44. The second kappa shape index (κ2) is 4.77. The van der Waals surface area contributed by atoms with Crippen LogP contribution in [0.3, 0.4) is 0 Å². The summed E-state index contributed by atoms with van der Waals surface area (Å²) in [4.78, 5) is 12.8. The molecule has 2 N–H and O–H groups in total. The number of para-hydroxylation sites is 1. The van der Waals surface area contributed by atoms with Gasteiger partial charge in [0, 0.05) is 10.9 Å². The van der Waals surface area contributed by atoms with Crippen LogP contribution >= 0.6 is 0 Å². The maximum absolute atomic E-state index is 12.8. The number of carbonyl (C=O) groups is 1. The van der Waals surface area contributed by atoms with Gasteiger partial charge in [-0.1, -0.05) is 29.8 Å². The summed E-state index contributed by atoms with van der Waals surface area (Å²) in [7, 11) is 0.